The molecule has 1 aliphatic carbocycles. The van der Waals surface area contributed by atoms with Crippen molar-refractivity contribution in [3.05, 3.63) is 35.4 Å². The minimum atomic E-state index is -0.0521. The summed E-state index contributed by atoms with van der Waals surface area (Å²) in [4.78, 5) is 43.5. The Hall–Kier alpha value is -2.64. The van der Waals surface area contributed by atoms with Gasteiger partial charge in [-0.2, -0.15) is 0 Å². The first-order valence-corrected chi connectivity index (χ1v) is 8.68. The standard InChI is InChI=1S/C17H22N6O2/c1-10-18-7-14(20-10)16(24)22-6-5-13(9-22)23(12-3-4-12)17(25)15-8-19-11(2)21-15/h7-8,12-13H,3-6,9H2,1-2H3,(H,18,20)(H,19,21). The first-order valence-electron chi connectivity index (χ1n) is 8.68. The van der Waals surface area contributed by atoms with Crippen molar-refractivity contribution in [2.45, 2.75) is 45.2 Å². The maximum absolute atomic E-state index is 12.9. The molecule has 2 aliphatic rings. The van der Waals surface area contributed by atoms with Crippen LogP contribution in [0, 0.1) is 13.8 Å². The number of hydrogen-bond donors (Lipinski definition) is 2. The number of aromatic amines is 2. The van der Waals surface area contributed by atoms with Crippen LogP contribution in [0.25, 0.3) is 0 Å². The van der Waals surface area contributed by atoms with Gasteiger partial charge in [-0.3, -0.25) is 9.59 Å². The number of aromatic nitrogens is 4. The van der Waals surface area contributed by atoms with Gasteiger partial charge in [0.15, 0.2) is 0 Å². The van der Waals surface area contributed by atoms with Crippen LogP contribution in [-0.2, 0) is 0 Å². The molecular weight excluding hydrogens is 320 g/mol. The van der Waals surface area contributed by atoms with E-state index >= 15 is 0 Å². The Morgan fingerprint density at radius 2 is 1.68 bits per heavy atom. The highest BCUT2D eigenvalue weighted by Gasteiger charge is 2.41. The van der Waals surface area contributed by atoms with Crippen LogP contribution >= 0.6 is 0 Å². The summed E-state index contributed by atoms with van der Waals surface area (Å²) < 4.78 is 0. The number of nitrogens with one attached hydrogen (secondary N) is 2. The predicted molar refractivity (Wildman–Crippen MR) is 90.1 cm³/mol. The summed E-state index contributed by atoms with van der Waals surface area (Å²) in [5.41, 5.74) is 1.03. The lowest BCUT2D eigenvalue weighted by atomic mass is 10.2. The van der Waals surface area contributed by atoms with Crippen molar-refractivity contribution in [2.24, 2.45) is 0 Å². The highest BCUT2D eigenvalue weighted by atomic mass is 16.2. The van der Waals surface area contributed by atoms with E-state index in [1.165, 1.54) is 0 Å². The van der Waals surface area contributed by atoms with E-state index in [4.69, 9.17) is 0 Å². The molecule has 8 heteroatoms. The highest BCUT2D eigenvalue weighted by Crippen LogP contribution is 2.33. The van der Waals surface area contributed by atoms with E-state index in [0.717, 1.165) is 30.9 Å². The molecule has 2 amide bonds. The number of amides is 2. The van der Waals surface area contributed by atoms with Crippen LogP contribution in [0.1, 0.15) is 51.9 Å². The fraction of sp³-hybridized carbons (Fsp3) is 0.529. The van der Waals surface area contributed by atoms with Gasteiger partial charge in [0.05, 0.1) is 18.4 Å². The van der Waals surface area contributed by atoms with Crippen LogP contribution in [0.5, 0.6) is 0 Å². The number of likely N-dealkylation sites (tertiary alicyclic amines) is 1. The highest BCUT2D eigenvalue weighted by molar-refractivity contribution is 5.94. The summed E-state index contributed by atoms with van der Waals surface area (Å²) in [5, 5.41) is 0. The molecule has 1 saturated heterocycles. The van der Waals surface area contributed by atoms with Crippen molar-refractivity contribution in [2.75, 3.05) is 13.1 Å². The number of aryl methyl sites for hydroxylation is 2. The Balaban J connectivity index is 1.48. The summed E-state index contributed by atoms with van der Waals surface area (Å²) in [6.45, 7) is 4.87. The number of hydrogen-bond acceptors (Lipinski definition) is 4. The second-order valence-electron chi connectivity index (χ2n) is 6.90. The molecule has 4 rings (SSSR count). The molecule has 0 radical (unpaired) electrons. The Kier molecular flexibility index (Phi) is 3.82. The van der Waals surface area contributed by atoms with E-state index in [0.29, 0.717) is 24.5 Å². The lowest BCUT2D eigenvalue weighted by molar-refractivity contribution is 0.0635. The van der Waals surface area contributed by atoms with Gasteiger partial charge in [-0.25, -0.2) is 9.97 Å². The van der Waals surface area contributed by atoms with Gasteiger partial charge in [-0.1, -0.05) is 0 Å². The molecule has 2 aromatic rings. The zero-order valence-corrected chi connectivity index (χ0v) is 14.5. The Labute approximate surface area is 145 Å². The normalized spacial score (nSPS) is 20.1. The fourth-order valence-corrected chi connectivity index (χ4v) is 3.50. The molecule has 2 aromatic heterocycles. The topological polar surface area (TPSA) is 98.0 Å². The second kappa shape index (κ2) is 6.02. The summed E-state index contributed by atoms with van der Waals surface area (Å²) in [6, 6.07) is 0.335. The number of carbonyl (C=O) groups excluding carboxylic acids is 2. The van der Waals surface area contributed by atoms with Crippen LogP contribution in [0.2, 0.25) is 0 Å². The summed E-state index contributed by atoms with van der Waals surface area (Å²) in [7, 11) is 0. The molecule has 1 unspecified atom stereocenters. The SMILES string of the molecule is Cc1ncc(C(=O)N2CCC(N(C(=O)c3cnc(C)[nH]3)C3CC3)C2)[nH]1. The van der Waals surface area contributed by atoms with Gasteiger partial charge in [0, 0.05) is 19.1 Å². The van der Waals surface area contributed by atoms with E-state index in [-0.39, 0.29) is 23.9 Å². The minimum Gasteiger partial charge on any atom is -0.338 e. The van der Waals surface area contributed by atoms with Gasteiger partial charge in [-0.15, -0.1) is 0 Å². The van der Waals surface area contributed by atoms with Crippen molar-refractivity contribution < 1.29 is 9.59 Å². The molecule has 1 atom stereocenters. The second-order valence-corrected chi connectivity index (χ2v) is 6.90. The molecule has 0 aromatic carbocycles. The third-order valence-corrected chi connectivity index (χ3v) is 4.89. The Morgan fingerprint density at radius 3 is 2.24 bits per heavy atom. The van der Waals surface area contributed by atoms with Crippen LogP contribution in [0.4, 0.5) is 0 Å². The van der Waals surface area contributed by atoms with Gasteiger partial charge < -0.3 is 19.8 Å². The van der Waals surface area contributed by atoms with Crippen molar-refractivity contribution in [3.8, 4) is 0 Å². The molecule has 3 heterocycles. The predicted octanol–water partition coefficient (Wildman–Crippen LogP) is 1.27. The molecule has 2 N–H and O–H groups in total. The molecule has 0 spiro atoms. The van der Waals surface area contributed by atoms with Crippen LogP contribution in [0.3, 0.4) is 0 Å². The van der Waals surface area contributed by atoms with E-state index in [9.17, 15) is 9.59 Å². The quantitative estimate of drug-likeness (QED) is 0.874. The first kappa shape index (κ1) is 15.9. The number of rotatable bonds is 4. The van der Waals surface area contributed by atoms with Crippen molar-refractivity contribution >= 4 is 11.8 Å². The first-order chi connectivity index (χ1) is 12.0. The molecule has 25 heavy (non-hydrogen) atoms. The van der Waals surface area contributed by atoms with E-state index in [2.05, 4.69) is 19.9 Å². The molecule has 8 nitrogen and oxygen atoms in total. The van der Waals surface area contributed by atoms with Crippen molar-refractivity contribution in [1.29, 1.82) is 0 Å². The van der Waals surface area contributed by atoms with E-state index < -0.39 is 0 Å². The summed E-state index contributed by atoms with van der Waals surface area (Å²) >= 11 is 0. The average molecular weight is 342 g/mol. The zero-order chi connectivity index (χ0) is 17.6. The minimum absolute atomic E-state index is 0.0141. The number of nitrogens with zero attached hydrogens (tertiary/aromatic N) is 4. The van der Waals surface area contributed by atoms with Crippen LogP contribution in [0.15, 0.2) is 12.4 Å². The Morgan fingerprint density at radius 1 is 1.04 bits per heavy atom. The van der Waals surface area contributed by atoms with Gasteiger partial charge in [0.2, 0.25) is 0 Å². The summed E-state index contributed by atoms with van der Waals surface area (Å²) in [5.74, 6) is 1.39. The molecule has 1 saturated carbocycles. The zero-order valence-electron chi connectivity index (χ0n) is 14.5. The molecule has 1 aliphatic heterocycles. The van der Waals surface area contributed by atoms with Gasteiger partial charge in [0.1, 0.15) is 23.0 Å². The lowest BCUT2D eigenvalue weighted by Crippen LogP contribution is -2.44. The number of imidazole rings is 2. The van der Waals surface area contributed by atoms with Gasteiger partial charge in [0.25, 0.3) is 11.8 Å². The smallest absolute Gasteiger partial charge is 0.272 e. The van der Waals surface area contributed by atoms with Gasteiger partial charge in [-0.05, 0) is 33.1 Å². The maximum atomic E-state index is 12.9. The lowest BCUT2D eigenvalue weighted by Gasteiger charge is -2.28. The number of carbonyl (C=O) groups is 2. The molecule has 0 bridgehead atoms. The van der Waals surface area contributed by atoms with E-state index in [1.807, 2.05) is 18.7 Å². The van der Waals surface area contributed by atoms with Gasteiger partial charge >= 0.3 is 0 Å². The monoisotopic (exact) mass is 342 g/mol. The third kappa shape index (κ3) is 3.04. The van der Waals surface area contributed by atoms with Crippen molar-refractivity contribution in [3.63, 3.8) is 0 Å². The molecular formula is C17H22N6O2. The van der Waals surface area contributed by atoms with Crippen LogP contribution in [-0.4, -0.2) is 66.7 Å². The van der Waals surface area contributed by atoms with Crippen molar-refractivity contribution in [1.82, 2.24) is 29.7 Å². The maximum Gasteiger partial charge on any atom is 0.272 e. The number of H-pyrrole nitrogens is 2. The molecule has 132 valence electrons. The third-order valence-electron chi connectivity index (χ3n) is 4.89. The van der Waals surface area contributed by atoms with Crippen LogP contribution < -0.4 is 0 Å². The molecule has 2 fully saturated rings. The average Bonchev–Trinajstić information content (AvgIpc) is 2.99. The Bertz CT molecular complexity index is 806. The van der Waals surface area contributed by atoms with E-state index in [1.54, 1.807) is 17.3 Å². The largest absolute Gasteiger partial charge is 0.338 e. The fourth-order valence-electron chi connectivity index (χ4n) is 3.50. The summed E-state index contributed by atoms with van der Waals surface area (Å²) in [6.07, 6.45) is 6.03.